The van der Waals surface area contributed by atoms with Crippen LogP contribution in [0.4, 0.5) is 19.0 Å². The Bertz CT molecular complexity index is 1070. The zero-order chi connectivity index (χ0) is 20.8. The minimum Gasteiger partial charge on any atom is -0.320 e. The van der Waals surface area contributed by atoms with E-state index in [1.165, 1.54) is 23.2 Å². The van der Waals surface area contributed by atoms with E-state index in [4.69, 9.17) is 0 Å². The smallest absolute Gasteiger partial charge is 0.320 e. The Kier molecular flexibility index (Phi) is 4.59. The number of carbonyl (C=O) groups excluding carboxylic acids is 1. The van der Waals surface area contributed by atoms with Gasteiger partial charge in [0.1, 0.15) is 18.2 Å². The first-order chi connectivity index (χ1) is 13.7. The van der Waals surface area contributed by atoms with Gasteiger partial charge in [0.25, 0.3) is 0 Å². The Morgan fingerprint density at radius 3 is 2.66 bits per heavy atom. The molecule has 0 aromatic carbocycles. The lowest BCUT2D eigenvalue weighted by Gasteiger charge is -2.11. The number of imidazole rings is 1. The summed E-state index contributed by atoms with van der Waals surface area (Å²) >= 11 is 0. The highest BCUT2D eigenvalue weighted by molar-refractivity contribution is 5.94. The number of fused-ring (bicyclic) bond motifs is 1. The predicted octanol–water partition coefficient (Wildman–Crippen LogP) is 2.80. The summed E-state index contributed by atoms with van der Waals surface area (Å²) in [5.41, 5.74) is 1.45. The number of anilines is 1. The van der Waals surface area contributed by atoms with Crippen molar-refractivity contribution >= 4 is 29.5 Å². The topological polar surface area (TPSA) is 81.2 Å². The fourth-order valence-electron chi connectivity index (χ4n) is 3.22. The van der Waals surface area contributed by atoms with Crippen molar-refractivity contribution in [3.63, 3.8) is 0 Å². The van der Waals surface area contributed by atoms with E-state index >= 15 is 0 Å². The van der Waals surface area contributed by atoms with Crippen LogP contribution in [0.2, 0.25) is 0 Å². The number of aryl methyl sites for hydroxylation is 2. The lowest BCUT2D eigenvalue weighted by molar-refractivity contribution is -0.140. The van der Waals surface area contributed by atoms with Gasteiger partial charge in [0.05, 0.1) is 0 Å². The third kappa shape index (κ3) is 3.84. The molecule has 4 rings (SSSR count). The van der Waals surface area contributed by atoms with Gasteiger partial charge < -0.3 is 4.57 Å². The Hall–Kier alpha value is -3.24. The molecule has 1 aliphatic rings. The number of aromatic nitrogens is 6. The highest BCUT2D eigenvalue weighted by atomic mass is 19.4. The van der Waals surface area contributed by atoms with Gasteiger partial charge in [0, 0.05) is 30.9 Å². The summed E-state index contributed by atoms with van der Waals surface area (Å²) in [5.74, 6) is 1.12. The summed E-state index contributed by atoms with van der Waals surface area (Å²) in [6.45, 7) is 2.87. The van der Waals surface area contributed by atoms with Crippen molar-refractivity contribution in [2.45, 2.75) is 39.4 Å². The van der Waals surface area contributed by atoms with E-state index in [0.29, 0.717) is 36.7 Å². The van der Waals surface area contributed by atoms with Crippen LogP contribution < -0.4 is 4.90 Å². The number of hydrogen-bond acceptors (Lipinski definition) is 5. The molecule has 0 atom stereocenters. The zero-order valence-electron chi connectivity index (χ0n) is 15.8. The molecule has 0 unspecified atom stereocenters. The molecule has 0 aliphatic carbocycles. The number of carbonyl (C=O) groups is 1. The van der Waals surface area contributed by atoms with Gasteiger partial charge >= 0.3 is 6.18 Å². The number of halogens is 3. The van der Waals surface area contributed by atoms with Crippen LogP contribution in [0.5, 0.6) is 0 Å². The third-order valence-corrected chi connectivity index (χ3v) is 4.60. The minimum absolute atomic E-state index is 0.0717. The molecule has 1 aliphatic heterocycles. The average molecular weight is 405 g/mol. The number of nitrogens with zero attached hydrogens (tertiary/aromatic N) is 7. The molecule has 29 heavy (non-hydrogen) atoms. The molecule has 0 saturated carbocycles. The second-order valence-corrected chi connectivity index (χ2v) is 6.88. The summed E-state index contributed by atoms with van der Waals surface area (Å²) in [6, 6.07) is 0. The van der Waals surface area contributed by atoms with Gasteiger partial charge in [0.15, 0.2) is 17.3 Å². The number of rotatable bonds is 4. The van der Waals surface area contributed by atoms with E-state index in [1.807, 2.05) is 6.92 Å². The molecule has 0 spiro atoms. The first-order valence-corrected chi connectivity index (χ1v) is 9.02. The molecular weight excluding hydrogens is 387 g/mol. The fourth-order valence-corrected chi connectivity index (χ4v) is 3.22. The first-order valence-electron chi connectivity index (χ1n) is 9.02. The first kappa shape index (κ1) is 19.1. The Morgan fingerprint density at radius 1 is 1.21 bits per heavy atom. The van der Waals surface area contributed by atoms with Crippen LogP contribution in [-0.2, 0) is 11.3 Å². The van der Waals surface area contributed by atoms with E-state index in [2.05, 4.69) is 20.1 Å². The Morgan fingerprint density at radius 2 is 2.00 bits per heavy atom. The summed E-state index contributed by atoms with van der Waals surface area (Å²) < 4.78 is 41.5. The van der Waals surface area contributed by atoms with Crippen molar-refractivity contribution in [1.82, 2.24) is 29.1 Å². The molecule has 3 aromatic rings. The number of amides is 1. The summed E-state index contributed by atoms with van der Waals surface area (Å²) in [7, 11) is 0. The van der Waals surface area contributed by atoms with Crippen LogP contribution in [0.25, 0.3) is 17.8 Å². The monoisotopic (exact) mass is 405 g/mol. The summed E-state index contributed by atoms with van der Waals surface area (Å²) in [4.78, 5) is 26.2. The van der Waals surface area contributed by atoms with Crippen molar-refractivity contribution in [3.8, 4) is 0 Å². The van der Waals surface area contributed by atoms with Crippen molar-refractivity contribution in [2.75, 3.05) is 11.4 Å². The molecule has 8 nitrogen and oxygen atoms in total. The van der Waals surface area contributed by atoms with E-state index in [-0.39, 0.29) is 17.5 Å². The van der Waals surface area contributed by atoms with E-state index < -0.39 is 12.7 Å². The quantitative estimate of drug-likeness (QED) is 0.667. The Labute approximate surface area is 163 Å². The van der Waals surface area contributed by atoms with Gasteiger partial charge in [-0.1, -0.05) is 0 Å². The zero-order valence-corrected chi connectivity index (χ0v) is 15.8. The van der Waals surface area contributed by atoms with Crippen LogP contribution in [-0.4, -0.2) is 47.8 Å². The normalized spacial score (nSPS) is 15.3. The number of hydrogen-bond donors (Lipinski definition) is 0. The molecule has 1 saturated heterocycles. The van der Waals surface area contributed by atoms with Crippen molar-refractivity contribution in [2.24, 2.45) is 0 Å². The molecule has 4 heterocycles. The molecule has 0 radical (unpaired) electrons. The summed E-state index contributed by atoms with van der Waals surface area (Å²) in [5, 5.41) is 4.32. The third-order valence-electron chi connectivity index (χ3n) is 4.60. The molecule has 1 fully saturated rings. The highest BCUT2D eigenvalue weighted by Crippen LogP contribution is 2.25. The van der Waals surface area contributed by atoms with Crippen LogP contribution in [0.3, 0.4) is 0 Å². The molecule has 1 amide bonds. The van der Waals surface area contributed by atoms with Crippen molar-refractivity contribution in [3.05, 3.63) is 35.4 Å². The molecule has 11 heteroatoms. The van der Waals surface area contributed by atoms with Gasteiger partial charge in [-0.25, -0.2) is 15.0 Å². The second kappa shape index (κ2) is 6.98. The van der Waals surface area contributed by atoms with Crippen LogP contribution in [0.15, 0.2) is 12.4 Å². The second-order valence-electron chi connectivity index (χ2n) is 6.88. The Balaban J connectivity index is 1.69. The highest BCUT2D eigenvalue weighted by Gasteiger charge is 2.31. The van der Waals surface area contributed by atoms with Gasteiger partial charge in [-0.3, -0.25) is 9.69 Å². The van der Waals surface area contributed by atoms with Gasteiger partial charge in [0.2, 0.25) is 5.91 Å². The molecule has 152 valence electrons. The molecule has 0 bridgehead atoms. The predicted molar refractivity (Wildman–Crippen MR) is 99.1 cm³/mol. The van der Waals surface area contributed by atoms with Crippen molar-refractivity contribution < 1.29 is 18.0 Å². The maximum Gasteiger partial charge on any atom is 0.406 e. The SMILES string of the molecule is Cc1cnc(C)n2nc(C=Cc3nc(N4CCCC4=O)cn3CC(F)(F)F)nc12. The van der Waals surface area contributed by atoms with E-state index in [0.717, 1.165) is 10.1 Å². The van der Waals surface area contributed by atoms with Crippen LogP contribution in [0, 0.1) is 13.8 Å². The molecule has 0 N–H and O–H groups in total. The largest absolute Gasteiger partial charge is 0.406 e. The fraction of sp³-hybridized carbons (Fsp3) is 0.389. The standard InChI is InChI=1S/C18H18F3N7O/c1-11-8-22-12(2)28-17(11)23-13(25-28)5-6-14-24-15(27-7-3-4-16(27)29)9-26(14)10-18(19,20)21/h5-6,8-9H,3-4,7,10H2,1-2H3. The van der Waals surface area contributed by atoms with Crippen LogP contribution >= 0.6 is 0 Å². The van der Waals surface area contributed by atoms with E-state index in [9.17, 15) is 18.0 Å². The van der Waals surface area contributed by atoms with Gasteiger partial charge in [-0.05, 0) is 32.4 Å². The van der Waals surface area contributed by atoms with Crippen molar-refractivity contribution in [1.29, 1.82) is 0 Å². The minimum atomic E-state index is -4.42. The van der Waals surface area contributed by atoms with Crippen LogP contribution in [0.1, 0.15) is 35.9 Å². The summed E-state index contributed by atoms with van der Waals surface area (Å²) in [6.07, 6.45) is 2.47. The molecular formula is C18H18F3N7O. The lowest BCUT2D eigenvalue weighted by Crippen LogP contribution is -2.24. The molecule has 3 aromatic heterocycles. The number of alkyl halides is 3. The van der Waals surface area contributed by atoms with E-state index in [1.54, 1.807) is 17.6 Å². The van der Waals surface area contributed by atoms with Gasteiger partial charge in [-0.15, -0.1) is 5.10 Å². The average Bonchev–Trinajstić information content (AvgIpc) is 3.34. The lowest BCUT2D eigenvalue weighted by atomic mass is 10.3. The van der Waals surface area contributed by atoms with Gasteiger partial charge in [-0.2, -0.15) is 17.7 Å². The maximum absolute atomic E-state index is 13.0. The maximum atomic E-state index is 13.0.